The fourth-order valence-corrected chi connectivity index (χ4v) is 4.47. The van der Waals surface area contributed by atoms with Crippen molar-refractivity contribution in [3.8, 4) is 5.75 Å². The van der Waals surface area contributed by atoms with Gasteiger partial charge in [0.25, 0.3) is 15.9 Å². The van der Waals surface area contributed by atoms with Crippen molar-refractivity contribution in [2.75, 3.05) is 18.0 Å². The Morgan fingerprint density at radius 3 is 2.44 bits per heavy atom. The molecule has 0 saturated carbocycles. The molecule has 3 aromatic rings. The zero-order valence-electron chi connectivity index (χ0n) is 16.9. The highest BCUT2D eigenvalue weighted by molar-refractivity contribution is 7.92. The van der Waals surface area contributed by atoms with Crippen LogP contribution in [0.2, 0.25) is 10.0 Å². The number of methoxy groups -OCH3 is 1. The van der Waals surface area contributed by atoms with Crippen molar-refractivity contribution in [1.29, 1.82) is 0 Å². The Labute approximate surface area is 196 Å². The van der Waals surface area contributed by atoms with E-state index in [2.05, 4.69) is 10.5 Å². The average Bonchev–Trinajstić information content (AvgIpc) is 2.78. The second kappa shape index (κ2) is 10.5. The molecule has 0 aliphatic carbocycles. The van der Waals surface area contributed by atoms with Gasteiger partial charge < -0.3 is 4.74 Å². The van der Waals surface area contributed by atoms with Gasteiger partial charge in [0.15, 0.2) is 0 Å². The first-order valence-corrected chi connectivity index (χ1v) is 11.5. The molecule has 7 nitrogen and oxygen atoms in total. The second-order valence-electron chi connectivity index (χ2n) is 6.52. The van der Waals surface area contributed by atoms with Gasteiger partial charge in [-0.25, -0.2) is 13.8 Å². The van der Waals surface area contributed by atoms with Crippen LogP contribution in [0.5, 0.6) is 5.75 Å². The molecule has 0 spiro atoms. The molecule has 3 rings (SSSR count). The monoisotopic (exact) mass is 491 g/mol. The summed E-state index contributed by atoms with van der Waals surface area (Å²) in [6.07, 6.45) is 1.43. The van der Waals surface area contributed by atoms with Gasteiger partial charge in [0, 0.05) is 10.0 Å². The van der Waals surface area contributed by atoms with Gasteiger partial charge in [-0.05, 0) is 60.2 Å². The Kier molecular flexibility index (Phi) is 7.74. The highest BCUT2D eigenvalue weighted by Crippen LogP contribution is 2.26. The van der Waals surface area contributed by atoms with Crippen LogP contribution in [-0.2, 0) is 14.8 Å². The highest BCUT2D eigenvalue weighted by Gasteiger charge is 2.27. The summed E-state index contributed by atoms with van der Waals surface area (Å²) < 4.78 is 32.6. The number of amides is 1. The third-order valence-electron chi connectivity index (χ3n) is 4.28. The van der Waals surface area contributed by atoms with Gasteiger partial charge in [-0.1, -0.05) is 41.4 Å². The number of hydrogen-bond acceptors (Lipinski definition) is 5. The summed E-state index contributed by atoms with van der Waals surface area (Å²) in [4.78, 5) is 12.5. The van der Waals surface area contributed by atoms with E-state index in [4.69, 9.17) is 27.9 Å². The predicted octanol–water partition coefficient (Wildman–Crippen LogP) is 4.35. The van der Waals surface area contributed by atoms with Crippen LogP contribution in [0.4, 0.5) is 5.69 Å². The van der Waals surface area contributed by atoms with E-state index in [9.17, 15) is 13.2 Å². The van der Waals surface area contributed by atoms with Gasteiger partial charge in [-0.2, -0.15) is 5.10 Å². The fourth-order valence-electron chi connectivity index (χ4n) is 2.75. The van der Waals surface area contributed by atoms with Gasteiger partial charge in [-0.15, -0.1) is 0 Å². The van der Waals surface area contributed by atoms with Crippen molar-refractivity contribution in [3.05, 3.63) is 88.4 Å². The van der Waals surface area contributed by atoms with Crippen LogP contribution in [-0.4, -0.2) is 34.2 Å². The smallest absolute Gasteiger partial charge is 0.264 e. The van der Waals surface area contributed by atoms with E-state index in [1.807, 2.05) is 0 Å². The number of sulfonamides is 1. The van der Waals surface area contributed by atoms with Crippen molar-refractivity contribution in [2.45, 2.75) is 4.90 Å². The third kappa shape index (κ3) is 6.00. The summed E-state index contributed by atoms with van der Waals surface area (Å²) in [5.74, 6) is 0.00289. The van der Waals surface area contributed by atoms with Crippen molar-refractivity contribution in [1.82, 2.24) is 5.43 Å². The molecule has 0 unspecified atom stereocenters. The molecule has 0 saturated heterocycles. The minimum Gasteiger partial charge on any atom is -0.497 e. The number of nitrogens with one attached hydrogen (secondary N) is 1. The third-order valence-corrected chi connectivity index (χ3v) is 6.56. The maximum Gasteiger partial charge on any atom is 0.264 e. The van der Waals surface area contributed by atoms with E-state index < -0.39 is 22.5 Å². The summed E-state index contributed by atoms with van der Waals surface area (Å²) >= 11 is 11.9. The first-order chi connectivity index (χ1) is 15.3. The molecular formula is C22H19Cl2N3O4S. The molecule has 1 N–H and O–H groups in total. The molecule has 32 heavy (non-hydrogen) atoms. The highest BCUT2D eigenvalue weighted by atomic mass is 35.5. The molecule has 0 radical (unpaired) electrons. The number of carbonyl (C=O) groups excluding carboxylic acids is 1. The van der Waals surface area contributed by atoms with Crippen molar-refractivity contribution >= 4 is 51.0 Å². The summed E-state index contributed by atoms with van der Waals surface area (Å²) in [7, 11) is -2.54. The fraction of sp³-hybridized carbons (Fsp3) is 0.0909. The van der Waals surface area contributed by atoms with Gasteiger partial charge >= 0.3 is 0 Å². The van der Waals surface area contributed by atoms with E-state index in [1.54, 1.807) is 49.6 Å². The number of hydrogen-bond donors (Lipinski definition) is 1. The lowest BCUT2D eigenvalue weighted by molar-refractivity contribution is -0.119. The quantitative estimate of drug-likeness (QED) is 0.374. The van der Waals surface area contributed by atoms with Crippen LogP contribution in [0, 0.1) is 0 Å². The molecule has 0 aliphatic rings. The summed E-state index contributed by atoms with van der Waals surface area (Å²) in [5, 5.41) is 4.62. The van der Waals surface area contributed by atoms with Crippen LogP contribution in [0.1, 0.15) is 5.56 Å². The molecule has 10 heteroatoms. The molecule has 1 amide bonds. The van der Waals surface area contributed by atoms with Gasteiger partial charge in [-0.3, -0.25) is 9.10 Å². The molecule has 0 heterocycles. The molecular weight excluding hydrogens is 473 g/mol. The molecule has 0 bridgehead atoms. The number of hydrazone groups is 1. The minimum atomic E-state index is -4.08. The standard InChI is InChI=1S/C22H19Cl2N3O4S/c1-31-20-7-2-4-16(12-20)14-25-26-22(28)15-27(19-6-3-5-18(24)13-19)32(29,30)21-10-8-17(23)9-11-21/h2-14H,15H2,1H3,(H,26,28)/b25-14-. The summed E-state index contributed by atoms with van der Waals surface area (Å²) in [6.45, 7) is -0.513. The normalized spacial score (nSPS) is 11.3. The Morgan fingerprint density at radius 2 is 1.75 bits per heavy atom. The first-order valence-electron chi connectivity index (χ1n) is 9.29. The lowest BCUT2D eigenvalue weighted by Crippen LogP contribution is -2.39. The van der Waals surface area contributed by atoms with Gasteiger partial charge in [0.1, 0.15) is 12.3 Å². The minimum absolute atomic E-state index is 0.0189. The maximum absolute atomic E-state index is 13.3. The number of carbonyl (C=O) groups is 1. The average molecular weight is 492 g/mol. The topological polar surface area (TPSA) is 88.1 Å². The number of nitrogens with zero attached hydrogens (tertiary/aromatic N) is 2. The van der Waals surface area contributed by atoms with Crippen LogP contribution in [0.3, 0.4) is 0 Å². The summed E-state index contributed by atoms with van der Waals surface area (Å²) in [5.41, 5.74) is 3.28. The number of rotatable bonds is 8. The molecule has 0 aliphatic heterocycles. The second-order valence-corrected chi connectivity index (χ2v) is 9.25. The number of halogens is 2. The Hall–Kier alpha value is -3.07. The number of ether oxygens (including phenoxy) is 1. The Bertz CT molecular complexity index is 1230. The Morgan fingerprint density at radius 1 is 1.03 bits per heavy atom. The van der Waals surface area contributed by atoms with E-state index in [0.29, 0.717) is 21.4 Å². The first kappa shape index (κ1) is 23.6. The van der Waals surface area contributed by atoms with Crippen LogP contribution >= 0.6 is 23.2 Å². The summed E-state index contributed by atoms with van der Waals surface area (Å²) in [6, 6.07) is 18.9. The molecule has 3 aromatic carbocycles. The van der Waals surface area contributed by atoms with E-state index in [-0.39, 0.29) is 10.6 Å². The lowest BCUT2D eigenvalue weighted by Gasteiger charge is -2.23. The van der Waals surface area contributed by atoms with Crippen LogP contribution in [0.25, 0.3) is 0 Å². The van der Waals surface area contributed by atoms with Gasteiger partial charge in [0.2, 0.25) is 0 Å². The molecule has 0 aromatic heterocycles. The molecule has 0 fully saturated rings. The maximum atomic E-state index is 13.3. The van der Waals surface area contributed by atoms with Crippen LogP contribution in [0.15, 0.2) is 82.8 Å². The van der Waals surface area contributed by atoms with Crippen molar-refractivity contribution in [3.63, 3.8) is 0 Å². The Balaban J connectivity index is 1.83. The zero-order chi connectivity index (χ0) is 23.1. The number of benzene rings is 3. The van der Waals surface area contributed by atoms with Gasteiger partial charge in [0.05, 0.1) is 23.9 Å². The predicted molar refractivity (Wildman–Crippen MR) is 126 cm³/mol. The van der Waals surface area contributed by atoms with E-state index >= 15 is 0 Å². The van der Waals surface area contributed by atoms with Crippen molar-refractivity contribution < 1.29 is 17.9 Å². The zero-order valence-corrected chi connectivity index (χ0v) is 19.2. The lowest BCUT2D eigenvalue weighted by atomic mass is 10.2. The largest absolute Gasteiger partial charge is 0.497 e. The molecule has 166 valence electrons. The van der Waals surface area contributed by atoms with E-state index in [0.717, 1.165) is 4.31 Å². The van der Waals surface area contributed by atoms with E-state index in [1.165, 1.54) is 36.5 Å². The van der Waals surface area contributed by atoms with Crippen LogP contribution < -0.4 is 14.5 Å². The number of anilines is 1. The van der Waals surface area contributed by atoms with Crippen molar-refractivity contribution in [2.24, 2.45) is 5.10 Å². The SMILES string of the molecule is COc1cccc(/C=N\NC(=O)CN(c2cccc(Cl)c2)S(=O)(=O)c2ccc(Cl)cc2)c1. The molecule has 0 atom stereocenters.